The number of anilines is 1. The Kier molecular flexibility index (Phi) is 7.50. The summed E-state index contributed by atoms with van der Waals surface area (Å²) in [5, 5.41) is 7.68. The highest BCUT2D eigenvalue weighted by Crippen LogP contribution is 2.36. The van der Waals surface area contributed by atoms with Gasteiger partial charge in [0.05, 0.1) is 16.6 Å². The van der Waals surface area contributed by atoms with E-state index in [1.807, 2.05) is 0 Å². The molecule has 1 aromatic carbocycles. The van der Waals surface area contributed by atoms with Crippen LogP contribution >= 0.6 is 0 Å². The Morgan fingerprint density at radius 3 is 2.57 bits per heavy atom. The number of hydrogen-bond acceptors (Lipinski definition) is 6. The highest BCUT2D eigenvalue weighted by atomic mass is 19.4. The maximum atomic E-state index is 15.0. The molecule has 5 heterocycles. The van der Waals surface area contributed by atoms with E-state index in [0.717, 1.165) is 28.5 Å². The summed E-state index contributed by atoms with van der Waals surface area (Å²) in [5.41, 5.74) is 0.628. The number of carbonyl (C=O) groups is 2. The van der Waals surface area contributed by atoms with Gasteiger partial charge in [-0.25, -0.2) is 13.8 Å². The highest BCUT2D eigenvalue weighted by Gasteiger charge is 2.47. The molecule has 0 bridgehead atoms. The van der Waals surface area contributed by atoms with Crippen LogP contribution in [0, 0.1) is 11.6 Å². The normalized spacial score (nSPS) is 20.3. The van der Waals surface area contributed by atoms with Gasteiger partial charge in [0.1, 0.15) is 30.0 Å². The van der Waals surface area contributed by atoms with Gasteiger partial charge in [0.25, 0.3) is 5.91 Å². The smallest absolute Gasteiger partial charge is 0.381 e. The number of fused-ring (bicyclic) bond motifs is 1. The van der Waals surface area contributed by atoms with Crippen molar-refractivity contribution in [2.24, 2.45) is 0 Å². The van der Waals surface area contributed by atoms with Gasteiger partial charge in [-0.3, -0.25) is 14.3 Å². The molecule has 0 unspecified atom stereocenters. The number of alkyl halides is 3. The third kappa shape index (κ3) is 5.51. The first-order valence-electron chi connectivity index (χ1n) is 13.9. The Morgan fingerprint density at radius 1 is 1.07 bits per heavy atom. The van der Waals surface area contributed by atoms with E-state index in [0.29, 0.717) is 30.7 Å². The molecule has 3 aliphatic rings. The van der Waals surface area contributed by atoms with E-state index >= 15 is 4.39 Å². The Bertz CT molecular complexity index is 1500. The summed E-state index contributed by atoms with van der Waals surface area (Å²) >= 11 is 0. The van der Waals surface area contributed by atoms with Crippen LogP contribution in [0.25, 0.3) is 10.9 Å². The summed E-state index contributed by atoms with van der Waals surface area (Å²) in [4.78, 5) is 32.7. The van der Waals surface area contributed by atoms with Crippen LogP contribution in [0.4, 0.5) is 27.8 Å². The van der Waals surface area contributed by atoms with Crippen molar-refractivity contribution >= 4 is 28.5 Å². The summed E-state index contributed by atoms with van der Waals surface area (Å²) in [5.74, 6) is -2.71. The van der Waals surface area contributed by atoms with Crippen LogP contribution in [-0.4, -0.2) is 87.5 Å². The van der Waals surface area contributed by atoms with Crippen LogP contribution < -0.4 is 5.32 Å². The lowest BCUT2D eigenvalue weighted by atomic mass is 9.93. The number of rotatable bonds is 6. The number of pyridine rings is 1. The monoisotopic (exact) mass is 592 g/mol. The number of likely N-dealkylation sites (tertiary alicyclic amines) is 2. The van der Waals surface area contributed by atoms with Crippen LogP contribution in [0.5, 0.6) is 0 Å². The maximum absolute atomic E-state index is 15.0. The molecule has 0 aliphatic carbocycles. The van der Waals surface area contributed by atoms with Gasteiger partial charge in [-0.15, -0.1) is 0 Å². The van der Waals surface area contributed by atoms with Crippen LogP contribution in [0.1, 0.15) is 47.7 Å². The average molecular weight is 593 g/mol. The standard InChI is InChI=1S/C28H29F5N6O3/c29-18-11-20(30)25-21(12-18)39(15-24(40)38-7-1-2-22(38)28(31,32)33)36-26(25)17-13-37(14-17)27(41)16-3-6-34-23(10-16)35-19-4-8-42-9-5-19/h3,6,10-12,17,19,22H,1-2,4-5,7-9,13-15H2,(H,34,35)/t22-/m0/s1. The number of carbonyl (C=O) groups excluding carboxylic acids is 2. The molecule has 6 rings (SSSR count). The Hall–Kier alpha value is -3.81. The Labute approximate surface area is 237 Å². The van der Waals surface area contributed by atoms with Crippen molar-refractivity contribution in [2.75, 3.05) is 38.2 Å². The van der Waals surface area contributed by atoms with Crippen molar-refractivity contribution in [1.82, 2.24) is 24.6 Å². The predicted molar refractivity (Wildman–Crippen MR) is 141 cm³/mol. The van der Waals surface area contributed by atoms with Gasteiger partial charge in [0.2, 0.25) is 5.91 Å². The quantitative estimate of drug-likeness (QED) is 0.434. The summed E-state index contributed by atoms with van der Waals surface area (Å²) in [6.07, 6.45) is -1.34. The zero-order valence-corrected chi connectivity index (χ0v) is 22.5. The first-order chi connectivity index (χ1) is 20.1. The average Bonchev–Trinajstić information content (AvgIpc) is 3.55. The molecule has 0 radical (unpaired) electrons. The molecule has 3 saturated heterocycles. The molecule has 224 valence electrons. The molecular weight excluding hydrogens is 563 g/mol. The van der Waals surface area contributed by atoms with E-state index < -0.39 is 42.2 Å². The SMILES string of the molecule is O=C(c1ccnc(NC2CCOCC2)c1)N1CC(c2nn(CC(=O)N3CCC[C@H]3C(F)(F)F)c3cc(F)cc(F)c23)C1. The molecule has 1 N–H and O–H groups in total. The first-order valence-corrected chi connectivity index (χ1v) is 13.9. The number of nitrogens with zero attached hydrogens (tertiary/aromatic N) is 5. The molecule has 3 aromatic rings. The van der Waals surface area contributed by atoms with E-state index in [1.54, 1.807) is 23.2 Å². The number of aromatic nitrogens is 3. The second kappa shape index (κ2) is 11.1. The second-order valence-electron chi connectivity index (χ2n) is 11.0. The van der Waals surface area contributed by atoms with Gasteiger partial charge >= 0.3 is 6.18 Å². The lowest BCUT2D eigenvalue weighted by Crippen LogP contribution is -2.48. The van der Waals surface area contributed by atoms with E-state index in [2.05, 4.69) is 15.4 Å². The van der Waals surface area contributed by atoms with Gasteiger partial charge in [-0.1, -0.05) is 0 Å². The molecule has 14 heteroatoms. The van der Waals surface area contributed by atoms with Crippen LogP contribution in [0.15, 0.2) is 30.5 Å². The highest BCUT2D eigenvalue weighted by molar-refractivity contribution is 5.96. The van der Waals surface area contributed by atoms with Crippen molar-refractivity contribution < 1.29 is 36.3 Å². The molecule has 0 saturated carbocycles. The number of hydrogen-bond donors (Lipinski definition) is 1. The van der Waals surface area contributed by atoms with Crippen molar-refractivity contribution in [3.05, 3.63) is 53.4 Å². The van der Waals surface area contributed by atoms with E-state index in [1.165, 1.54) is 0 Å². The summed E-state index contributed by atoms with van der Waals surface area (Å²) in [7, 11) is 0. The van der Waals surface area contributed by atoms with Crippen LogP contribution in [0.3, 0.4) is 0 Å². The Morgan fingerprint density at radius 2 is 1.83 bits per heavy atom. The topological polar surface area (TPSA) is 92.6 Å². The number of nitrogens with one attached hydrogen (secondary N) is 1. The van der Waals surface area contributed by atoms with Gasteiger partial charge in [-0.05, 0) is 37.8 Å². The zero-order valence-electron chi connectivity index (χ0n) is 22.5. The largest absolute Gasteiger partial charge is 0.408 e. The molecular formula is C28H29F5N6O3. The fourth-order valence-electron chi connectivity index (χ4n) is 5.98. The van der Waals surface area contributed by atoms with Gasteiger partial charge in [0, 0.05) is 68.7 Å². The van der Waals surface area contributed by atoms with Gasteiger partial charge < -0.3 is 19.9 Å². The lowest BCUT2D eigenvalue weighted by molar-refractivity contribution is -0.183. The van der Waals surface area contributed by atoms with Crippen molar-refractivity contribution in [3.63, 3.8) is 0 Å². The maximum Gasteiger partial charge on any atom is 0.408 e. The van der Waals surface area contributed by atoms with Crippen molar-refractivity contribution in [2.45, 2.75) is 56.4 Å². The molecule has 9 nitrogen and oxygen atoms in total. The number of halogens is 5. The fourth-order valence-corrected chi connectivity index (χ4v) is 5.98. The summed E-state index contributed by atoms with van der Waals surface area (Å²) in [6, 6.07) is 3.30. The number of amides is 2. The van der Waals surface area contributed by atoms with E-state index in [4.69, 9.17) is 4.74 Å². The second-order valence-corrected chi connectivity index (χ2v) is 11.0. The lowest BCUT2D eigenvalue weighted by Gasteiger charge is -2.38. The molecule has 2 amide bonds. The molecule has 3 fully saturated rings. The van der Waals surface area contributed by atoms with Crippen LogP contribution in [-0.2, 0) is 16.1 Å². The van der Waals surface area contributed by atoms with Gasteiger partial charge in [0.15, 0.2) is 0 Å². The molecule has 0 spiro atoms. The number of ether oxygens (including phenoxy) is 1. The predicted octanol–water partition coefficient (Wildman–Crippen LogP) is 4.09. The molecule has 1 atom stereocenters. The minimum atomic E-state index is -4.57. The molecule has 3 aliphatic heterocycles. The minimum Gasteiger partial charge on any atom is -0.381 e. The summed E-state index contributed by atoms with van der Waals surface area (Å²) in [6.45, 7) is 1.05. The molecule has 2 aromatic heterocycles. The Balaban J connectivity index is 1.18. The minimum absolute atomic E-state index is 0.0121. The summed E-state index contributed by atoms with van der Waals surface area (Å²) < 4.78 is 75.9. The zero-order chi connectivity index (χ0) is 29.6. The fraction of sp³-hybridized carbons (Fsp3) is 0.500. The third-order valence-corrected chi connectivity index (χ3v) is 8.17. The first kappa shape index (κ1) is 28.3. The molecule has 42 heavy (non-hydrogen) atoms. The van der Waals surface area contributed by atoms with Gasteiger partial charge in [-0.2, -0.15) is 18.3 Å². The van der Waals surface area contributed by atoms with Crippen LogP contribution in [0.2, 0.25) is 0 Å². The third-order valence-electron chi connectivity index (χ3n) is 8.17. The van der Waals surface area contributed by atoms with Crippen molar-refractivity contribution in [3.8, 4) is 0 Å². The van der Waals surface area contributed by atoms with E-state index in [-0.39, 0.29) is 61.0 Å². The van der Waals surface area contributed by atoms with Crippen molar-refractivity contribution in [1.29, 1.82) is 0 Å². The van der Waals surface area contributed by atoms with E-state index in [9.17, 15) is 27.2 Å². The number of benzene rings is 1.